The summed E-state index contributed by atoms with van der Waals surface area (Å²) < 4.78 is 1.05. The molecular weight excluding hydrogens is 320 g/mol. The molecule has 102 valence electrons. The molecule has 7 heteroatoms. The topological polar surface area (TPSA) is 78.5 Å². The van der Waals surface area contributed by atoms with Crippen molar-refractivity contribution in [2.24, 2.45) is 0 Å². The highest BCUT2D eigenvalue weighted by atomic mass is 79.9. The minimum Gasteiger partial charge on any atom is -0.357 e. The highest BCUT2D eigenvalue weighted by Gasteiger charge is 2.11. The molecule has 0 aliphatic heterocycles. The van der Waals surface area contributed by atoms with E-state index in [1.165, 1.54) is 0 Å². The lowest BCUT2D eigenvalue weighted by molar-refractivity contribution is 1.17. The molecule has 2 aromatic heterocycles. The van der Waals surface area contributed by atoms with Crippen LogP contribution < -0.4 is 10.6 Å². The van der Waals surface area contributed by atoms with Crippen molar-refractivity contribution >= 4 is 44.5 Å². The molecule has 0 unspecified atom stereocenters. The first kappa shape index (κ1) is 12.9. The Balaban J connectivity index is 2.10. The Bertz CT molecular complexity index is 767. The summed E-state index contributed by atoms with van der Waals surface area (Å²) in [4.78, 5) is 15.9. The smallest absolute Gasteiger partial charge is 0.226 e. The molecule has 1 aromatic carbocycles. The van der Waals surface area contributed by atoms with Crippen LogP contribution in [0.3, 0.4) is 0 Å². The molecule has 3 aromatic rings. The van der Waals surface area contributed by atoms with Crippen LogP contribution in [0.15, 0.2) is 29.0 Å². The first-order chi connectivity index (χ1) is 9.69. The summed E-state index contributed by atoms with van der Waals surface area (Å²) in [6.07, 6.45) is 1.61. The van der Waals surface area contributed by atoms with Gasteiger partial charge in [-0.25, -0.2) is 4.98 Å². The van der Waals surface area contributed by atoms with Crippen molar-refractivity contribution in [3.8, 4) is 0 Å². The second-order valence-corrected chi connectivity index (χ2v) is 5.14. The number of halogens is 1. The molecule has 20 heavy (non-hydrogen) atoms. The van der Waals surface area contributed by atoms with Crippen molar-refractivity contribution in [2.45, 2.75) is 6.92 Å². The second kappa shape index (κ2) is 5.09. The zero-order chi connectivity index (χ0) is 14.1. The molecular formula is C13H13BrN6. The Morgan fingerprint density at radius 1 is 1.25 bits per heavy atom. The number of anilines is 3. The predicted molar refractivity (Wildman–Crippen MR) is 83.4 cm³/mol. The molecule has 0 saturated heterocycles. The Kier molecular flexibility index (Phi) is 3.27. The number of aromatic amines is 1. The number of H-pyrrole nitrogens is 1. The van der Waals surface area contributed by atoms with Crippen LogP contribution in [0, 0.1) is 6.92 Å². The summed E-state index contributed by atoms with van der Waals surface area (Å²) >= 11 is 3.52. The van der Waals surface area contributed by atoms with Gasteiger partial charge in [-0.15, -0.1) is 0 Å². The molecule has 0 atom stereocenters. The maximum atomic E-state index is 4.44. The van der Waals surface area contributed by atoms with Crippen LogP contribution in [0.5, 0.6) is 0 Å². The van der Waals surface area contributed by atoms with Gasteiger partial charge < -0.3 is 15.6 Å². The van der Waals surface area contributed by atoms with Gasteiger partial charge in [0.2, 0.25) is 5.95 Å². The Morgan fingerprint density at radius 3 is 2.90 bits per heavy atom. The molecule has 0 spiro atoms. The lowest BCUT2D eigenvalue weighted by atomic mass is 10.2. The van der Waals surface area contributed by atoms with Crippen LogP contribution in [-0.2, 0) is 0 Å². The number of fused-ring (bicyclic) bond motifs is 1. The maximum Gasteiger partial charge on any atom is 0.226 e. The summed E-state index contributed by atoms with van der Waals surface area (Å²) in [5, 5.41) is 6.26. The number of benzene rings is 1. The van der Waals surface area contributed by atoms with Gasteiger partial charge in [-0.1, -0.05) is 22.0 Å². The van der Waals surface area contributed by atoms with Crippen molar-refractivity contribution < 1.29 is 0 Å². The molecule has 0 bridgehead atoms. The average molecular weight is 333 g/mol. The molecule has 0 amide bonds. The van der Waals surface area contributed by atoms with Crippen molar-refractivity contribution in [2.75, 3.05) is 17.7 Å². The third kappa shape index (κ3) is 2.20. The van der Waals surface area contributed by atoms with E-state index in [0.717, 1.165) is 21.2 Å². The van der Waals surface area contributed by atoms with Gasteiger partial charge in [-0.05, 0) is 24.6 Å². The van der Waals surface area contributed by atoms with Crippen LogP contribution in [0.4, 0.5) is 17.5 Å². The van der Waals surface area contributed by atoms with Gasteiger partial charge in [0.05, 0.1) is 6.33 Å². The van der Waals surface area contributed by atoms with Gasteiger partial charge in [0.15, 0.2) is 11.5 Å². The zero-order valence-electron chi connectivity index (χ0n) is 11.0. The molecule has 0 fully saturated rings. The molecule has 0 radical (unpaired) electrons. The minimum atomic E-state index is 0.528. The van der Waals surface area contributed by atoms with Crippen molar-refractivity contribution in [1.29, 1.82) is 0 Å². The van der Waals surface area contributed by atoms with E-state index in [9.17, 15) is 0 Å². The fourth-order valence-corrected chi connectivity index (χ4v) is 2.27. The van der Waals surface area contributed by atoms with Crippen molar-refractivity contribution in [1.82, 2.24) is 19.9 Å². The highest BCUT2D eigenvalue weighted by molar-refractivity contribution is 9.10. The van der Waals surface area contributed by atoms with E-state index >= 15 is 0 Å². The van der Waals surface area contributed by atoms with E-state index in [1.54, 1.807) is 13.4 Å². The number of imidazole rings is 1. The van der Waals surface area contributed by atoms with Crippen LogP contribution >= 0.6 is 15.9 Å². The summed E-state index contributed by atoms with van der Waals surface area (Å²) in [5.74, 6) is 1.22. The largest absolute Gasteiger partial charge is 0.357 e. The minimum absolute atomic E-state index is 0.528. The zero-order valence-corrected chi connectivity index (χ0v) is 12.6. The van der Waals surface area contributed by atoms with E-state index in [0.29, 0.717) is 17.4 Å². The van der Waals surface area contributed by atoms with Crippen molar-refractivity contribution in [3.05, 3.63) is 34.6 Å². The normalized spacial score (nSPS) is 10.8. The number of hydrogen-bond donors (Lipinski definition) is 3. The Hall–Kier alpha value is -2.15. The van der Waals surface area contributed by atoms with Gasteiger partial charge in [-0.3, -0.25) is 0 Å². The van der Waals surface area contributed by atoms with E-state index in [4.69, 9.17) is 0 Å². The average Bonchev–Trinajstić information content (AvgIpc) is 2.92. The summed E-state index contributed by atoms with van der Waals surface area (Å²) in [6, 6.07) is 5.98. The molecule has 0 aliphatic rings. The van der Waals surface area contributed by atoms with Crippen LogP contribution in [0.1, 0.15) is 5.56 Å². The third-order valence-corrected chi connectivity index (χ3v) is 3.89. The molecule has 3 rings (SSSR count). The summed E-state index contributed by atoms with van der Waals surface area (Å²) in [6.45, 7) is 2.04. The highest BCUT2D eigenvalue weighted by Crippen LogP contribution is 2.28. The third-order valence-electron chi connectivity index (χ3n) is 3.03. The van der Waals surface area contributed by atoms with Gasteiger partial charge in [0.1, 0.15) is 5.52 Å². The lowest BCUT2D eigenvalue weighted by Crippen LogP contribution is -2.02. The number of hydrogen-bond acceptors (Lipinski definition) is 5. The Morgan fingerprint density at radius 2 is 2.10 bits per heavy atom. The van der Waals surface area contributed by atoms with Gasteiger partial charge in [0.25, 0.3) is 0 Å². The second-order valence-electron chi connectivity index (χ2n) is 4.28. The SMILES string of the molecule is CNc1nc(Nc2cccc(Br)c2C)c2[nH]cnc2n1. The molecule has 0 aliphatic carbocycles. The maximum absolute atomic E-state index is 4.44. The number of nitrogens with zero attached hydrogens (tertiary/aromatic N) is 3. The Labute approximate surface area is 124 Å². The van der Waals surface area contributed by atoms with Crippen LogP contribution in [0.25, 0.3) is 11.2 Å². The first-order valence-electron chi connectivity index (χ1n) is 6.10. The number of aromatic nitrogens is 4. The van der Waals surface area contributed by atoms with Crippen LogP contribution in [-0.4, -0.2) is 27.0 Å². The van der Waals surface area contributed by atoms with Gasteiger partial charge in [-0.2, -0.15) is 9.97 Å². The molecule has 3 N–H and O–H groups in total. The van der Waals surface area contributed by atoms with Crippen molar-refractivity contribution in [3.63, 3.8) is 0 Å². The fourth-order valence-electron chi connectivity index (χ4n) is 1.91. The van der Waals surface area contributed by atoms with Crippen LogP contribution in [0.2, 0.25) is 0 Å². The quantitative estimate of drug-likeness (QED) is 0.686. The molecule has 0 saturated carbocycles. The van der Waals surface area contributed by atoms with E-state index in [1.807, 2.05) is 25.1 Å². The monoisotopic (exact) mass is 332 g/mol. The van der Waals surface area contributed by atoms with E-state index < -0.39 is 0 Å². The first-order valence-corrected chi connectivity index (χ1v) is 6.89. The van der Waals surface area contributed by atoms with Gasteiger partial charge in [0, 0.05) is 17.2 Å². The van der Waals surface area contributed by atoms with Gasteiger partial charge >= 0.3 is 0 Å². The molecule has 2 heterocycles. The standard InChI is InChI=1S/C13H13BrN6/c1-7-8(14)4-3-5-9(7)18-12-10-11(17-6-16-10)19-13(15-2)20-12/h3-6H,1-2H3,(H3,15,16,17,18,19,20). The summed E-state index contributed by atoms with van der Waals surface area (Å²) in [7, 11) is 1.78. The molecule has 6 nitrogen and oxygen atoms in total. The number of rotatable bonds is 3. The lowest BCUT2D eigenvalue weighted by Gasteiger charge is -2.11. The predicted octanol–water partition coefficient (Wildman–Crippen LogP) is 3.21. The summed E-state index contributed by atoms with van der Waals surface area (Å²) in [5.41, 5.74) is 3.50. The number of nitrogens with one attached hydrogen (secondary N) is 3. The van der Waals surface area contributed by atoms with E-state index in [2.05, 4.69) is 46.5 Å². The fraction of sp³-hybridized carbons (Fsp3) is 0.154. The van der Waals surface area contributed by atoms with E-state index in [-0.39, 0.29) is 0 Å².